The number of ether oxygens (including phenoxy) is 1. The van der Waals surface area contributed by atoms with Crippen LogP contribution in [-0.4, -0.2) is 61.5 Å². The largest absolute Gasteiger partial charge is 0.423 e. The van der Waals surface area contributed by atoms with Gasteiger partial charge in [-0.15, -0.1) is 11.8 Å². The molecule has 0 saturated carbocycles. The van der Waals surface area contributed by atoms with Crippen molar-refractivity contribution < 1.29 is 13.9 Å². The number of carbonyl (C=O) groups is 1. The number of thioether (sulfide) groups is 1. The van der Waals surface area contributed by atoms with Gasteiger partial charge in [0.05, 0.1) is 24.2 Å². The first-order valence-corrected chi connectivity index (χ1v) is 12.3. The fraction of sp³-hybridized carbons (Fsp3) is 0.435. The fourth-order valence-electron chi connectivity index (χ4n) is 4.44. The van der Waals surface area contributed by atoms with Crippen molar-refractivity contribution in [3.63, 3.8) is 0 Å². The van der Waals surface area contributed by atoms with Crippen molar-refractivity contribution in [1.29, 1.82) is 0 Å². The molecule has 0 aliphatic carbocycles. The molecule has 10 nitrogen and oxygen atoms in total. The molecule has 2 aliphatic heterocycles. The molecule has 11 heteroatoms. The summed E-state index contributed by atoms with van der Waals surface area (Å²) in [4.78, 5) is 23.5. The van der Waals surface area contributed by atoms with Crippen LogP contribution in [-0.2, 0) is 9.53 Å². The minimum absolute atomic E-state index is 0.172. The Morgan fingerprint density at radius 1 is 1.32 bits per heavy atom. The van der Waals surface area contributed by atoms with Crippen LogP contribution in [0.5, 0.6) is 0 Å². The summed E-state index contributed by atoms with van der Waals surface area (Å²) in [7, 11) is 3.60. The van der Waals surface area contributed by atoms with Gasteiger partial charge in [0.15, 0.2) is 5.58 Å². The third-order valence-electron chi connectivity index (χ3n) is 6.25. The SMILES string of the molecule is COCCN(C)c1nc2cc(N3CCCCC3)c(N3C(C(N)=O)=CSC3c3cn[nH]c3)cc2o1. The van der Waals surface area contributed by atoms with Crippen LogP contribution in [0, 0.1) is 0 Å². The molecule has 3 aromatic rings. The Balaban J connectivity index is 1.63. The third kappa shape index (κ3) is 4.21. The van der Waals surface area contributed by atoms with E-state index in [0.29, 0.717) is 30.4 Å². The highest BCUT2D eigenvalue weighted by atomic mass is 32.2. The lowest BCUT2D eigenvalue weighted by molar-refractivity contribution is -0.114. The van der Waals surface area contributed by atoms with Crippen molar-refractivity contribution in [3.05, 3.63) is 41.2 Å². The van der Waals surface area contributed by atoms with Crippen molar-refractivity contribution in [2.24, 2.45) is 5.73 Å². The van der Waals surface area contributed by atoms with Gasteiger partial charge in [-0.2, -0.15) is 10.1 Å². The molecule has 3 N–H and O–H groups in total. The standard InChI is InChI=1S/C23H29N7O3S/c1-28(8-9-32-2)23-27-16-10-17(29-6-4-3-5-7-29)18(11-20(16)33-23)30-19(21(24)31)14-34-22(30)15-12-25-26-13-15/h10-14,22H,3-9H2,1-2H3,(H2,24,31)(H,25,26). The maximum atomic E-state index is 12.5. The molecule has 0 spiro atoms. The molecule has 1 unspecified atom stereocenters. The van der Waals surface area contributed by atoms with E-state index in [1.54, 1.807) is 13.3 Å². The number of rotatable bonds is 8. The van der Waals surface area contributed by atoms with Crippen molar-refractivity contribution >= 4 is 46.2 Å². The number of fused-ring (bicyclic) bond motifs is 1. The van der Waals surface area contributed by atoms with E-state index >= 15 is 0 Å². The summed E-state index contributed by atoms with van der Waals surface area (Å²) in [6.45, 7) is 3.13. The Hall–Kier alpha value is -3.18. The Labute approximate surface area is 202 Å². The number of anilines is 3. The summed E-state index contributed by atoms with van der Waals surface area (Å²) in [5, 5.41) is 8.65. The average molecular weight is 484 g/mol. The first-order valence-electron chi connectivity index (χ1n) is 11.4. The molecular formula is C23H29N7O3S. The first-order chi connectivity index (χ1) is 16.6. The molecule has 5 rings (SSSR count). The minimum Gasteiger partial charge on any atom is -0.423 e. The van der Waals surface area contributed by atoms with E-state index in [9.17, 15) is 4.79 Å². The van der Waals surface area contributed by atoms with Crippen LogP contribution in [0.25, 0.3) is 11.1 Å². The molecule has 180 valence electrons. The van der Waals surface area contributed by atoms with Gasteiger partial charge in [-0.3, -0.25) is 9.89 Å². The van der Waals surface area contributed by atoms with Crippen molar-refractivity contribution in [2.75, 3.05) is 55.1 Å². The van der Waals surface area contributed by atoms with Crippen LogP contribution >= 0.6 is 11.8 Å². The van der Waals surface area contributed by atoms with Gasteiger partial charge in [-0.1, -0.05) is 0 Å². The number of hydrogen-bond donors (Lipinski definition) is 2. The normalized spacial score (nSPS) is 18.5. The lowest BCUT2D eigenvalue weighted by Gasteiger charge is -2.35. The van der Waals surface area contributed by atoms with Crippen LogP contribution in [0.4, 0.5) is 17.4 Å². The smallest absolute Gasteiger partial charge is 0.298 e. The molecule has 2 aliphatic rings. The summed E-state index contributed by atoms with van der Waals surface area (Å²) in [5.74, 6) is -0.472. The Morgan fingerprint density at radius 2 is 2.15 bits per heavy atom. The number of nitrogens with zero attached hydrogens (tertiary/aromatic N) is 5. The monoisotopic (exact) mass is 483 g/mol. The van der Waals surface area contributed by atoms with Gasteiger partial charge in [0.25, 0.3) is 11.9 Å². The predicted molar refractivity (Wildman–Crippen MR) is 134 cm³/mol. The van der Waals surface area contributed by atoms with Crippen LogP contribution < -0.4 is 20.4 Å². The predicted octanol–water partition coefficient (Wildman–Crippen LogP) is 3.20. The van der Waals surface area contributed by atoms with Gasteiger partial charge in [-0.05, 0) is 25.3 Å². The van der Waals surface area contributed by atoms with Gasteiger partial charge in [0.2, 0.25) is 0 Å². The molecular weight excluding hydrogens is 454 g/mol. The van der Waals surface area contributed by atoms with Crippen molar-refractivity contribution in [3.8, 4) is 0 Å². The Bertz CT molecular complexity index is 1190. The summed E-state index contributed by atoms with van der Waals surface area (Å²) < 4.78 is 11.3. The maximum absolute atomic E-state index is 12.5. The number of hydrogen-bond acceptors (Lipinski definition) is 9. The molecule has 2 aromatic heterocycles. The van der Waals surface area contributed by atoms with Gasteiger partial charge in [-0.25, -0.2) is 0 Å². The lowest BCUT2D eigenvalue weighted by atomic mass is 10.1. The highest BCUT2D eigenvalue weighted by Crippen LogP contribution is 2.49. The zero-order valence-corrected chi connectivity index (χ0v) is 20.2. The quantitative estimate of drug-likeness (QED) is 0.498. The molecule has 0 radical (unpaired) electrons. The number of methoxy groups -OCH3 is 1. The molecule has 1 aromatic carbocycles. The first kappa shape index (κ1) is 22.6. The van der Waals surface area contributed by atoms with E-state index in [-0.39, 0.29) is 5.37 Å². The summed E-state index contributed by atoms with van der Waals surface area (Å²) >= 11 is 1.54. The molecule has 34 heavy (non-hydrogen) atoms. The number of likely N-dealkylation sites (N-methyl/N-ethyl adjacent to an activating group) is 1. The number of aromatic amines is 1. The number of piperidine rings is 1. The van der Waals surface area contributed by atoms with Crippen molar-refractivity contribution in [2.45, 2.75) is 24.6 Å². The van der Waals surface area contributed by atoms with Gasteiger partial charge in [0, 0.05) is 57.0 Å². The molecule has 0 bridgehead atoms. The number of nitrogens with one attached hydrogen (secondary N) is 1. The van der Waals surface area contributed by atoms with E-state index in [0.717, 1.165) is 48.4 Å². The van der Waals surface area contributed by atoms with Crippen LogP contribution in [0.2, 0.25) is 0 Å². The van der Waals surface area contributed by atoms with E-state index < -0.39 is 5.91 Å². The van der Waals surface area contributed by atoms with E-state index in [1.807, 2.05) is 34.5 Å². The number of oxazole rings is 1. The molecule has 1 amide bonds. The van der Waals surface area contributed by atoms with Crippen LogP contribution in [0.15, 0.2) is 40.0 Å². The average Bonchev–Trinajstić information content (AvgIpc) is 3.60. The van der Waals surface area contributed by atoms with E-state index in [1.165, 1.54) is 18.2 Å². The van der Waals surface area contributed by atoms with Crippen LogP contribution in [0.1, 0.15) is 30.2 Å². The summed E-state index contributed by atoms with van der Waals surface area (Å²) in [6, 6.07) is 4.58. The Morgan fingerprint density at radius 3 is 2.85 bits per heavy atom. The zero-order chi connectivity index (χ0) is 23.7. The zero-order valence-electron chi connectivity index (χ0n) is 19.4. The molecule has 1 atom stereocenters. The number of nitrogens with two attached hydrogens (primary N) is 1. The van der Waals surface area contributed by atoms with E-state index in [2.05, 4.69) is 21.2 Å². The number of aromatic nitrogens is 3. The van der Waals surface area contributed by atoms with Gasteiger partial charge < -0.3 is 29.6 Å². The highest BCUT2D eigenvalue weighted by Gasteiger charge is 2.36. The van der Waals surface area contributed by atoms with Gasteiger partial charge in [0.1, 0.15) is 16.6 Å². The summed E-state index contributed by atoms with van der Waals surface area (Å²) in [5.41, 5.74) is 10.6. The van der Waals surface area contributed by atoms with Crippen molar-refractivity contribution in [1.82, 2.24) is 15.2 Å². The summed E-state index contributed by atoms with van der Waals surface area (Å²) in [6.07, 6.45) is 7.09. The number of carbonyl (C=O) groups excluding carboxylic acids is 1. The third-order valence-corrected chi connectivity index (χ3v) is 7.35. The van der Waals surface area contributed by atoms with Gasteiger partial charge >= 0.3 is 0 Å². The number of primary amides is 1. The maximum Gasteiger partial charge on any atom is 0.298 e. The highest BCUT2D eigenvalue weighted by molar-refractivity contribution is 8.02. The molecule has 1 saturated heterocycles. The second-order valence-corrected chi connectivity index (χ2v) is 9.48. The number of benzene rings is 1. The number of H-pyrrole nitrogens is 1. The Kier molecular flexibility index (Phi) is 6.38. The minimum atomic E-state index is -0.472. The number of amides is 1. The second-order valence-electron chi connectivity index (χ2n) is 8.52. The van der Waals surface area contributed by atoms with Crippen LogP contribution in [0.3, 0.4) is 0 Å². The lowest BCUT2D eigenvalue weighted by Crippen LogP contribution is -2.34. The molecule has 1 fully saturated rings. The fourth-order valence-corrected chi connectivity index (χ4v) is 5.56. The van der Waals surface area contributed by atoms with E-state index in [4.69, 9.17) is 19.9 Å². The second kappa shape index (κ2) is 9.59. The molecule has 4 heterocycles. The topological polar surface area (TPSA) is 117 Å².